The molecule has 5 heteroatoms. The fraction of sp³-hybridized carbons (Fsp3) is 0.333. The van der Waals surface area contributed by atoms with Gasteiger partial charge in [-0.2, -0.15) is 0 Å². The third-order valence-corrected chi connectivity index (χ3v) is 5.38. The summed E-state index contributed by atoms with van der Waals surface area (Å²) in [6.45, 7) is 2.22. The molecule has 1 aromatic carbocycles. The fourth-order valence-corrected chi connectivity index (χ4v) is 4.06. The Morgan fingerprint density at radius 3 is 2.78 bits per heavy atom. The fourth-order valence-electron chi connectivity index (χ4n) is 3.33. The zero-order chi connectivity index (χ0) is 15.6. The van der Waals surface area contributed by atoms with Crippen LogP contribution in [0.3, 0.4) is 0 Å². The summed E-state index contributed by atoms with van der Waals surface area (Å²) in [5.41, 5.74) is 2.32. The Balaban J connectivity index is 1.47. The van der Waals surface area contributed by atoms with Gasteiger partial charge < -0.3 is 10.0 Å². The van der Waals surface area contributed by atoms with E-state index in [0.29, 0.717) is 5.92 Å². The van der Waals surface area contributed by atoms with E-state index in [-0.39, 0.29) is 6.61 Å². The summed E-state index contributed by atoms with van der Waals surface area (Å²) >= 11 is 1.67. The molecule has 3 aromatic rings. The molecule has 4 nitrogen and oxygen atoms in total. The van der Waals surface area contributed by atoms with Gasteiger partial charge in [-0.3, -0.25) is 0 Å². The second kappa shape index (κ2) is 6.26. The van der Waals surface area contributed by atoms with Crippen molar-refractivity contribution >= 4 is 27.4 Å². The van der Waals surface area contributed by atoms with Crippen molar-refractivity contribution in [2.24, 2.45) is 5.92 Å². The molecular formula is C18H19N3OS. The molecular weight excluding hydrogens is 306 g/mol. The normalized spacial score (nSPS) is 18.0. The second-order valence-electron chi connectivity index (χ2n) is 6.12. The van der Waals surface area contributed by atoms with E-state index < -0.39 is 0 Å². The molecule has 1 aliphatic heterocycles. The number of aliphatic hydroxyl groups is 1. The standard InChI is InChI=1S/C18H19N3OS/c22-11-14-3-1-13(2-4-14)9-15-5-7-21(10-15)17-16-6-8-23-18(16)20-12-19-17/h1-4,6,8,12,15,22H,5,7,9-11H2. The summed E-state index contributed by atoms with van der Waals surface area (Å²) < 4.78 is 0. The van der Waals surface area contributed by atoms with Gasteiger partial charge in [0, 0.05) is 13.1 Å². The van der Waals surface area contributed by atoms with Gasteiger partial charge >= 0.3 is 0 Å². The monoisotopic (exact) mass is 325 g/mol. The van der Waals surface area contributed by atoms with Gasteiger partial charge in [0.15, 0.2) is 0 Å². The van der Waals surface area contributed by atoms with E-state index in [1.165, 1.54) is 17.4 Å². The van der Waals surface area contributed by atoms with Gasteiger partial charge in [-0.05, 0) is 41.3 Å². The molecule has 4 rings (SSSR count). The van der Waals surface area contributed by atoms with Crippen LogP contribution in [0.1, 0.15) is 17.5 Å². The first kappa shape index (κ1) is 14.6. The van der Waals surface area contributed by atoms with Crippen LogP contribution in [0.2, 0.25) is 0 Å². The first-order valence-corrected chi connectivity index (χ1v) is 8.83. The minimum atomic E-state index is 0.113. The number of thiophene rings is 1. The van der Waals surface area contributed by atoms with E-state index in [1.54, 1.807) is 17.7 Å². The summed E-state index contributed by atoms with van der Waals surface area (Å²) in [4.78, 5) is 12.3. The van der Waals surface area contributed by atoms with Crippen LogP contribution in [0.15, 0.2) is 42.0 Å². The highest BCUT2D eigenvalue weighted by atomic mass is 32.1. The SMILES string of the molecule is OCc1ccc(CC2CCN(c3ncnc4sccc34)C2)cc1. The number of fused-ring (bicyclic) bond motifs is 1. The van der Waals surface area contributed by atoms with E-state index in [9.17, 15) is 0 Å². The van der Waals surface area contributed by atoms with E-state index in [4.69, 9.17) is 5.11 Å². The van der Waals surface area contributed by atoms with Crippen molar-refractivity contribution in [2.45, 2.75) is 19.4 Å². The Kier molecular flexibility index (Phi) is 3.97. The molecule has 1 atom stereocenters. The number of hydrogen-bond donors (Lipinski definition) is 1. The Morgan fingerprint density at radius 2 is 1.96 bits per heavy atom. The molecule has 118 valence electrons. The van der Waals surface area contributed by atoms with Gasteiger partial charge in [-0.15, -0.1) is 11.3 Å². The molecule has 2 aromatic heterocycles. The van der Waals surface area contributed by atoms with Crippen LogP contribution in [-0.2, 0) is 13.0 Å². The third kappa shape index (κ3) is 2.94. The highest BCUT2D eigenvalue weighted by Crippen LogP contribution is 2.31. The zero-order valence-corrected chi connectivity index (χ0v) is 13.7. The molecule has 1 N–H and O–H groups in total. The van der Waals surface area contributed by atoms with Gasteiger partial charge in [0.1, 0.15) is 17.0 Å². The van der Waals surface area contributed by atoms with Crippen LogP contribution in [-0.4, -0.2) is 28.2 Å². The van der Waals surface area contributed by atoms with Gasteiger partial charge in [0.2, 0.25) is 0 Å². The molecule has 1 saturated heterocycles. The van der Waals surface area contributed by atoms with Crippen molar-refractivity contribution in [3.63, 3.8) is 0 Å². The summed E-state index contributed by atoms with van der Waals surface area (Å²) in [6.07, 6.45) is 3.95. The quantitative estimate of drug-likeness (QED) is 0.800. The number of hydrogen-bond acceptors (Lipinski definition) is 5. The van der Waals surface area contributed by atoms with E-state index in [1.807, 2.05) is 12.1 Å². The van der Waals surface area contributed by atoms with Crippen LogP contribution in [0.25, 0.3) is 10.2 Å². The smallest absolute Gasteiger partial charge is 0.140 e. The molecule has 1 unspecified atom stereocenters. The highest BCUT2D eigenvalue weighted by molar-refractivity contribution is 7.16. The average Bonchev–Trinajstić information content (AvgIpc) is 3.24. The molecule has 1 aliphatic rings. The molecule has 23 heavy (non-hydrogen) atoms. The van der Waals surface area contributed by atoms with Crippen LogP contribution >= 0.6 is 11.3 Å². The predicted molar refractivity (Wildman–Crippen MR) is 93.8 cm³/mol. The number of aromatic nitrogens is 2. The zero-order valence-electron chi connectivity index (χ0n) is 12.9. The minimum Gasteiger partial charge on any atom is -0.392 e. The van der Waals surface area contributed by atoms with Crippen molar-refractivity contribution in [1.29, 1.82) is 0 Å². The second-order valence-corrected chi connectivity index (χ2v) is 7.01. The van der Waals surface area contributed by atoms with Crippen molar-refractivity contribution in [2.75, 3.05) is 18.0 Å². The molecule has 0 aliphatic carbocycles. The molecule has 0 amide bonds. The highest BCUT2D eigenvalue weighted by Gasteiger charge is 2.25. The van der Waals surface area contributed by atoms with Gasteiger partial charge in [-0.1, -0.05) is 24.3 Å². The molecule has 0 radical (unpaired) electrons. The Morgan fingerprint density at radius 1 is 1.13 bits per heavy atom. The number of rotatable bonds is 4. The van der Waals surface area contributed by atoms with Gasteiger partial charge in [0.25, 0.3) is 0 Å². The summed E-state index contributed by atoms with van der Waals surface area (Å²) in [5, 5.41) is 12.4. The third-order valence-electron chi connectivity index (χ3n) is 4.56. The van der Waals surface area contributed by atoms with Crippen LogP contribution in [0.5, 0.6) is 0 Å². The Bertz CT molecular complexity index is 799. The predicted octanol–water partition coefficient (Wildman–Crippen LogP) is 3.25. The number of anilines is 1. The van der Waals surface area contributed by atoms with Crippen molar-refractivity contribution < 1.29 is 5.11 Å². The van der Waals surface area contributed by atoms with Gasteiger partial charge in [-0.25, -0.2) is 9.97 Å². The lowest BCUT2D eigenvalue weighted by molar-refractivity contribution is 0.282. The number of benzene rings is 1. The molecule has 3 heterocycles. The summed E-state index contributed by atoms with van der Waals surface area (Å²) in [5.74, 6) is 1.73. The van der Waals surface area contributed by atoms with E-state index in [0.717, 1.165) is 35.7 Å². The lowest BCUT2D eigenvalue weighted by atomic mass is 9.98. The lowest BCUT2D eigenvalue weighted by Gasteiger charge is -2.18. The van der Waals surface area contributed by atoms with E-state index >= 15 is 0 Å². The average molecular weight is 325 g/mol. The maximum Gasteiger partial charge on any atom is 0.140 e. The Hall–Kier alpha value is -1.98. The largest absolute Gasteiger partial charge is 0.392 e. The molecule has 0 spiro atoms. The van der Waals surface area contributed by atoms with Crippen molar-refractivity contribution in [3.05, 3.63) is 53.2 Å². The van der Waals surface area contributed by atoms with Crippen molar-refractivity contribution in [1.82, 2.24) is 9.97 Å². The number of nitrogens with zero attached hydrogens (tertiary/aromatic N) is 3. The first-order valence-electron chi connectivity index (χ1n) is 7.95. The van der Waals surface area contributed by atoms with Crippen LogP contribution in [0, 0.1) is 5.92 Å². The minimum absolute atomic E-state index is 0.113. The van der Waals surface area contributed by atoms with Crippen LogP contribution in [0.4, 0.5) is 5.82 Å². The summed E-state index contributed by atoms with van der Waals surface area (Å²) in [7, 11) is 0. The van der Waals surface area contributed by atoms with Crippen LogP contribution < -0.4 is 4.90 Å². The van der Waals surface area contributed by atoms with Gasteiger partial charge in [0.05, 0.1) is 12.0 Å². The van der Waals surface area contributed by atoms with E-state index in [2.05, 4.69) is 38.4 Å². The molecule has 1 fully saturated rings. The maximum atomic E-state index is 9.12. The molecule has 0 bridgehead atoms. The maximum absolute atomic E-state index is 9.12. The Labute approximate surface area is 139 Å². The lowest BCUT2D eigenvalue weighted by Crippen LogP contribution is -2.21. The molecule has 0 saturated carbocycles. The number of aliphatic hydroxyl groups excluding tert-OH is 1. The topological polar surface area (TPSA) is 49.2 Å². The first-order chi connectivity index (χ1) is 11.3. The summed E-state index contributed by atoms with van der Waals surface area (Å²) in [6, 6.07) is 10.4. The van der Waals surface area contributed by atoms with Crippen molar-refractivity contribution in [3.8, 4) is 0 Å².